The first-order valence-electron chi connectivity index (χ1n) is 7.73. The summed E-state index contributed by atoms with van der Waals surface area (Å²) >= 11 is 0. The molecule has 0 aliphatic rings. The zero-order chi connectivity index (χ0) is 17.8. The van der Waals surface area contributed by atoms with Gasteiger partial charge < -0.3 is 16.2 Å². The van der Waals surface area contributed by atoms with E-state index >= 15 is 0 Å². The van der Waals surface area contributed by atoms with Gasteiger partial charge in [0.2, 0.25) is 11.7 Å². The number of rotatable bonds is 6. The van der Waals surface area contributed by atoms with E-state index in [0.29, 0.717) is 29.6 Å². The maximum atomic E-state index is 12.7. The summed E-state index contributed by atoms with van der Waals surface area (Å²) < 4.78 is 1.58. The number of ketones is 1. The second-order valence-corrected chi connectivity index (χ2v) is 5.54. The molecule has 0 saturated carbocycles. The van der Waals surface area contributed by atoms with Crippen molar-refractivity contribution in [3.63, 3.8) is 0 Å². The third-order valence-corrected chi connectivity index (χ3v) is 3.44. The van der Waals surface area contributed by atoms with Crippen LogP contribution in [0.5, 0.6) is 0 Å². The molecule has 1 atom stereocenters. The van der Waals surface area contributed by atoms with Crippen molar-refractivity contribution in [3.05, 3.63) is 60.3 Å². The minimum Gasteiger partial charge on any atom is -0.399 e. The minimum absolute atomic E-state index is 0.228. The average molecular weight is 338 g/mol. The number of anilines is 2. The zero-order valence-corrected chi connectivity index (χ0v) is 13.6. The van der Waals surface area contributed by atoms with E-state index in [1.807, 2.05) is 0 Å². The molecule has 0 spiro atoms. The highest BCUT2D eigenvalue weighted by molar-refractivity contribution is 6.07. The SMILES string of the molecule is C[C@H](O)CNc1nccc(-n2ccnc2C(=O)c2cccc(N)c2)n1. The third-order valence-electron chi connectivity index (χ3n) is 3.44. The Bertz CT molecular complexity index is 890. The number of nitrogens with one attached hydrogen (secondary N) is 1. The standard InChI is InChI=1S/C17H18N6O2/c1-11(24)10-21-17-20-6-5-14(22-17)23-8-7-19-16(23)15(25)12-3-2-4-13(18)9-12/h2-9,11,24H,10,18H2,1H3,(H,20,21,22)/t11-/m0/s1. The van der Waals surface area contributed by atoms with Crippen molar-refractivity contribution in [1.82, 2.24) is 19.5 Å². The van der Waals surface area contributed by atoms with Crippen molar-refractivity contribution < 1.29 is 9.90 Å². The molecule has 8 heteroatoms. The molecule has 0 bridgehead atoms. The van der Waals surface area contributed by atoms with Crippen LogP contribution in [0.4, 0.5) is 11.6 Å². The van der Waals surface area contributed by atoms with Gasteiger partial charge in [-0.25, -0.2) is 9.97 Å². The molecule has 0 aliphatic carbocycles. The molecule has 8 nitrogen and oxygen atoms in total. The zero-order valence-electron chi connectivity index (χ0n) is 13.6. The van der Waals surface area contributed by atoms with E-state index in [-0.39, 0.29) is 11.6 Å². The first kappa shape index (κ1) is 16.6. The van der Waals surface area contributed by atoms with E-state index in [2.05, 4.69) is 20.3 Å². The van der Waals surface area contributed by atoms with Crippen molar-refractivity contribution >= 4 is 17.4 Å². The van der Waals surface area contributed by atoms with Gasteiger partial charge in [0.25, 0.3) is 0 Å². The fraction of sp³-hybridized carbons (Fsp3) is 0.176. The van der Waals surface area contributed by atoms with Crippen molar-refractivity contribution in [3.8, 4) is 5.82 Å². The number of aromatic nitrogens is 4. The lowest BCUT2D eigenvalue weighted by atomic mass is 10.1. The number of imidazole rings is 1. The maximum Gasteiger partial charge on any atom is 0.228 e. The molecule has 2 aromatic heterocycles. The predicted octanol–water partition coefficient (Wildman–Crippen LogP) is 1.27. The monoisotopic (exact) mass is 338 g/mol. The smallest absolute Gasteiger partial charge is 0.228 e. The molecule has 3 rings (SSSR count). The van der Waals surface area contributed by atoms with Crippen LogP contribution in [0.15, 0.2) is 48.9 Å². The van der Waals surface area contributed by atoms with Gasteiger partial charge in [0.15, 0.2) is 5.82 Å². The van der Waals surface area contributed by atoms with Crippen molar-refractivity contribution in [2.24, 2.45) is 0 Å². The van der Waals surface area contributed by atoms with Gasteiger partial charge in [0.05, 0.1) is 6.10 Å². The highest BCUT2D eigenvalue weighted by Crippen LogP contribution is 2.15. The predicted molar refractivity (Wildman–Crippen MR) is 93.6 cm³/mol. The van der Waals surface area contributed by atoms with E-state index < -0.39 is 6.10 Å². The average Bonchev–Trinajstić information content (AvgIpc) is 3.09. The Hall–Kier alpha value is -3.26. The minimum atomic E-state index is -0.527. The lowest BCUT2D eigenvalue weighted by Gasteiger charge is -2.10. The summed E-state index contributed by atoms with van der Waals surface area (Å²) in [5.74, 6) is 0.822. The van der Waals surface area contributed by atoms with E-state index in [0.717, 1.165) is 0 Å². The van der Waals surface area contributed by atoms with Crippen LogP contribution < -0.4 is 11.1 Å². The summed E-state index contributed by atoms with van der Waals surface area (Å²) in [6, 6.07) is 8.40. The summed E-state index contributed by atoms with van der Waals surface area (Å²) in [6.45, 7) is 1.98. The molecular formula is C17H18N6O2. The van der Waals surface area contributed by atoms with Crippen molar-refractivity contribution in [1.29, 1.82) is 0 Å². The molecule has 2 heterocycles. The molecule has 25 heavy (non-hydrogen) atoms. The molecular weight excluding hydrogens is 320 g/mol. The van der Waals surface area contributed by atoms with Gasteiger partial charge in [0, 0.05) is 36.4 Å². The highest BCUT2D eigenvalue weighted by Gasteiger charge is 2.17. The number of benzene rings is 1. The quantitative estimate of drug-likeness (QED) is 0.457. The number of hydrogen-bond donors (Lipinski definition) is 3. The molecule has 0 fully saturated rings. The number of nitrogen functional groups attached to an aromatic ring is 1. The van der Waals surface area contributed by atoms with Crippen LogP contribution in [0.1, 0.15) is 23.1 Å². The Labute approximate surface area is 144 Å². The van der Waals surface area contributed by atoms with E-state index in [4.69, 9.17) is 5.73 Å². The Balaban J connectivity index is 1.91. The van der Waals surface area contributed by atoms with Crippen LogP contribution in [-0.4, -0.2) is 43.1 Å². The lowest BCUT2D eigenvalue weighted by Crippen LogP contribution is -2.17. The number of nitrogens with two attached hydrogens (primary N) is 1. The molecule has 0 saturated heterocycles. The van der Waals surface area contributed by atoms with Crippen LogP contribution in [0.3, 0.4) is 0 Å². The summed E-state index contributed by atoms with van der Waals surface area (Å²) in [6.07, 6.45) is 4.23. The summed E-state index contributed by atoms with van der Waals surface area (Å²) in [7, 11) is 0. The normalized spacial score (nSPS) is 11.9. The van der Waals surface area contributed by atoms with Crippen LogP contribution in [0.2, 0.25) is 0 Å². The van der Waals surface area contributed by atoms with Gasteiger partial charge in [-0.1, -0.05) is 12.1 Å². The van der Waals surface area contributed by atoms with Crippen molar-refractivity contribution in [2.75, 3.05) is 17.6 Å². The number of nitrogens with zero attached hydrogens (tertiary/aromatic N) is 4. The Morgan fingerprint density at radius 2 is 2.16 bits per heavy atom. The molecule has 0 unspecified atom stereocenters. The van der Waals surface area contributed by atoms with E-state index in [9.17, 15) is 9.90 Å². The van der Waals surface area contributed by atoms with E-state index in [1.165, 1.54) is 6.20 Å². The van der Waals surface area contributed by atoms with Crippen LogP contribution in [0.25, 0.3) is 5.82 Å². The topological polar surface area (TPSA) is 119 Å². The number of carbonyl (C=O) groups excluding carboxylic acids is 1. The van der Waals surface area contributed by atoms with Crippen molar-refractivity contribution in [2.45, 2.75) is 13.0 Å². The fourth-order valence-electron chi connectivity index (χ4n) is 2.27. The van der Waals surface area contributed by atoms with Gasteiger partial charge in [-0.2, -0.15) is 4.98 Å². The lowest BCUT2D eigenvalue weighted by molar-refractivity contribution is 0.102. The second-order valence-electron chi connectivity index (χ2n) is 5.54. The summed E-state index contributed by atoms with van der Waals surface area (Å²) in [5.41, 5.74) is 6.71. The number of aliphatic hydroxyl groups excluding tert-OH is 1. The van der Waals surface area contributed by atoms with Gasteiger partial charge in [-0.05, 0) is 25.1 Å². The van der Waals surface area contributed by atoms with Crippen LogP contribution in [0, 0.1) is 0 Å². The molecule has 3 aromatic rings. The number of carbonyl (C=O) groups is 1. The molecule has 0 radical (unpaired) electrons. The third kappa shape index (κ3) is 3.81. The Morgan fingerprint density at radius 3 is 2.92 bits per heavy atom. The summed E-state index contributed by atoms with van der Waals surface area (Å²) in [5, 5.41) is 12.3. The van der Waals surface area contributed by atoms with Gasteiger partial charge in [-0.15, -0.1) is 0 Å². The first-order valence-corrected chi connectivity index (χ1v) is 7.73. The number of aliphatic hydroxyl groups is 1. The number of hydrogen-bond acceptors (Lipinski definition) is 7. The summed E-state index contributed by atoms with van der Waals surface area (Å²) in [4.78, 5) is 25.3. The molecule has 0 aliphatic heterocycles. The van der Waals surface area contributed by atoms with Gasteiger partial charge in [-0.3, -0.25) is 9.36 Å². The Morgan fingerprint density at radius 1 is 1.32 bits per heavy atom. The molecule has 4 N–H and O–H groups in total. The second kappa shape index (κ2) is 7.10. The van der Waals surface area contributed by atoms with E-state index in [1.54, 1.807) is 54.2 Å². The molecule has 1 aromatic carbocycles. The largest absolute Gasteiger partial charge is 0.399 e. The highest BCUT2D eigenvalue weighted by atomic mass is 16.3. The maximum absolute atomic E-state index is 12.7. The fourth-order valence-corrected chi connectivity index (χ4v) is 2.27. The molecule has 128 valence electrons. The molecule has 0 amide bonds. The van der Waals surface area contributed by atoms with Crippen LogP contribution in [-0.2, 0) is 0 Å². The first-order chi connectivity index (χ1) is 12.0. The Kier molecular flexibility index (Phi) is 4.71. The van der Waals surface area contributed by atoms with Gasteiger partial charge >= 0.3 is 0 Å². The van der Waals surface area contributed by atoms with Gasteiger partial charge in [0.1, 0.15) is 5.82 Å². The van der Waals surface area contributed by atoms with Crippen LogP contribution >= 0.6 is 0 Å².